The van der Waals surface area contributed by atoms with E-state index in [0.717, 1.165) is 12.1 Å². The number of halogens is 5. The van der Waals surface area contributed by atoms with Gasteiger partial charge in [-0.15, -0.1) is 0 Å². The van der Waals surface area contributed by atoms with Gasteiger partial charge in [0.05, 0.1) is 27.2 Å². The third-order valence-corrected chi connectivity index (χ3v) is 3.32. The van der Waals surface area contributed by atoms with Crippen molar-refractivity contribution < 1.29 is 17.6 Å². The molecule has 1 N–H and O–H groups in total. The van der Waals surface area contributed by atoms with E-state index in [-0.39, 0.29) is 21.9 Å². The molecule has 1 aromatic heterocycles. The average Bonchev–Trinajstić information content (AvgIpc) is 2.79. The van der Waals surface area contributed by atoms with E-state index in [1.54, 1.807) is 0 Å². The monoisotopic (exact) mass is 314 g/mol. The Bertz CT molecular complexity index is 803. The van der Waals surface area contributed by atoms with E-state index < -0.39 is 17.6 Å². The molecule has 0 radical (unpaired) electrons. The molecule has 0 aliphatic rings. The van der Waals surface area contributed by atoms with Crippen LogP contribution in [0.5, 0.6) is 0 Å². The number of aromatic amines is 1. The molecular weight excluding hydrogens is 308 g/mol. The number of H-pyrrole nitrogens is 1. The normalized spacial score (nSPS) is 12.0. The van der Waals surface area contributed by atoms with Crippen LogP contribution >= 0.6 is 11.6 Å². The van der Waals surface area contributed by atoms with Crippen LogP contribution in [0.25, 0.3) is 22.4 Å². The van der Waals surface area contributed by atoms with Crippen molar-refractivity contribution in [3.63, 3.8) is 0 Å². The summed E-state index contributed by atoms with van der Waals surface area (Å²) in [5.74, 6) is -0.509. The minimum absolute atomic E-state index is 0.0314. The van der Waals surface area contributed by atoms with Gasteiger partial charge in [-0.3, -0.25) is 0 Å². The van der Waals surface area contributed by atoms with E-state index in [0.29, 0.717) is 5.52 Å². The summed E-state index contributed by atoms with van der Waals surface area (Å²) in [5.41, 5.74) is -0.301. The number of rotatable bonds is 1. The number of benzene rings is 2. The maximum Gasteiger partial charge on any atom is 0.416 e. The Morgan fingerprint density at radius 3 is 2.52 bits per heavy atom. The second-order valence-corrected chi connectivity index (χ2v) is 4.82. The fourth-order valence-corrected chi connectivity index (χ4v) is 2.28. The van der Waals surface area contributed by atoms with Crippen molar-refractivity contribution in [2.75, 3.05) is 0 Å². The molecule has 0 saturated carbocycles. The van der Waals surface area contributed by atoms with Gasteiger partial charge in [0.2, 0.25) is 0 Å². The SMILES string of the molecule is Fc1cccc(Cl)c1-c1nc2ccc(C(F)(F)F)cc2[nH]1. The van der Waals surface area contributed by atoms with Crippen LogP contribution in [0, 0.1) is 5.82 Å². The first-order valence-corrected chi connectivity index (χ1v) is 6.25. The highest BCUT2D eigenvalue weighted by Crippen LogP contribution is 2.33. The van der Waals surface area contributed by atoms with Gasteiger partial charge in [-0.05, 0) is 30.3 Å². The van der Waals surface area contributed by atoms with Crippen LogP contribution in [-0.2, 0) is 6.18 Å². The molecule has 2 aromatic carbocycles. The quantitative estimate of drug-likeness (QED) is 0.626. The fourth-order valence-electron chi connectivity index (χ4n) is 2.03. The maximum atomic E-state index is 13.8. The molecule has 7 heteroatoms. The molecule has 2 nitrogen and oxygen atoms in total. The first kappa shape index (κ1) is 13.9. The van der Waals surface area contributed by atoms with Crippen LogP contribution in [0.4, 0.5) is 17.6 Å². The van der Waals surface area contributed by atoms with E-state index in [9.17, 15) is 17.6 Å². The van der Waals surface area contributed by atoms with E-state index in [1.165, 1.54) is 24.3 Å². The van der Waals surface area contributed by atoms with Crippen LogP contribution in [0.1, 0.15) is 5.56 Å². The molecule has 21 heavy (non-hydrogen) atoms. The first-order chi connectivity index (χ1) is 9.86. The summed E-state index contributed by atoms with van der Waals surface area (Å²) < 4.78 is 51.8. The molecule has 0 spiro atoms. The van der Waals surface area contributed by atoms with Crippen LogP contribution in [0.3, 0.4) is 0 Å². The lowest BCUT2D eigenvalue weighted by atomic mass is 10.2. The van der Waals surface area contributed by atoms with Gasteiger partial charge in [-0.1, -0.05) is 17.7 Å². The van der Waals surface area contributed by atoms with Gasteiger partial charge in [0, 0.05) is 0 Å². The summed E-state index contributed by atoms with van der Waals surface area (Å²) in [7, 11) is 0. The first-order valence-electron chi connectivity index (χ1n) is 5.87. The molecule has 0 saturated heterocycles. The van der Waals surface area contributed by atoms with Gasteiger partial charge in [0.25, 0.3) is 0 Å². The highest BCUT2D eigenvalue weighted by molar-refractivity contribution is 6.33. The summed E-state index contributed by atoms with van der Waals surface area (Å²) in [4.78, 5) is 6.75. The zero-order valence-electron chi connectivity index (χ0n) is 10.3. The Labute approximate surface area is 121 Å². The zero-order chi connectivity index (χ0) is 15.2. The Hall–Kier alpha value is -2.08. The predicted molar refractivity (Wildman–Crippen MR) is 71.5 cm³/mol. The van der Waals surface area contributed by atoms with Crippen LogP contribution in [0.15, 0.2) is 36.4 Å². The number of imidazole rings is 1. The average molecular weight is 315 g/mol. The van der Waals surface area contributed by atoms with E-state index in [4.69, 9.17) is 11.6 Å². The van der Waals surface area contributed by atoms with Crippen LogP contribution < -0.4 is 0 Å². The number of fused-ring (bicyclic) bond motifs is 1. The molecule has 3 aromatic rings. The van der Waals surface area contributed by atoms with E-state index in [2.05, 4.69) is 9.97 Å². The van der Waals surface area contributed by atoms with Crippen molar-refractivity contribution in [1.29, 1.82) is 0 Å². The number of aromatic nitrogens is 2. The third-order valence-electron chi connectivity index (χ3n) is 3.01. The van der Waals surface area contributed by atoms with Gasteiger partial charge in [-0.25, -0.2) is 9.37 Å². The number of nitrogens with zero attached hydrogens (tertiary/aromatic N) is 1. The molecule has 0 aliphatic heterocycles. The number of hydrogen-bond acceptors (Lipinski definition) is 1. The molecule has 0 aliphatic carbocycles. The van der Waals surface area contributed by atoms with Gasteiger partial charge in [0.1, 0.15) is 11.6 Å². The molecule has 0 fully saturated rings. The maximum absolute atomic E-state index is 13.8. The van der Waals surface area contributed by atoms with Crippen LogP contribution in [0.2, 0.25) is 5.02 Å². The molecule has 0 unspecified atom stereocenters. The zero-order valence-corrected chi connectivity index (χ0v) is 11.1. The minimum Gasteiger partial charge on any atom is -0.338 e. The summed E-state index contributed by atoms with van der Waals surface area (Å²) in [6.07, 6.45) is -4.45. The molecule has 3 rings (SSSR count). The number of alkyl halides is 3. The second-order valence-electron chi connectivity index (χ2n) is 4.41. The highest BCUT2D eigenvalue weighted by atomic mass is 35.5. The number of hydrogen-bond donors (Lipinski definition) is 1. The standard InChI is InChI=1S/C14H7ClF4N2/c15-8-2-1-3-9(16)12(8)13-20-10-5-4-7(14(17,18)19)6-11(10)21-13/h1-6H,(H,20,21). The van der Waals surface area contributed by atoms with Gasteiger partial charge >= 0.3 is 6.18 Å². The van der Waals surface area contributed by atoms with Gasteiger partial charge < -0.3 is 4.98 Å². The molecule has 0 amide bonds. The fraction of sp³-hybridized carbons (Fsp3) is 0.0714. The second kappa shape index (κ2) is 4.73. The molecule has 0 atom stereocenters. The Morgan fingerprint density at radius 2 is 1.86 bits per heavy atom. The van der Waals surface area contributed by atoms with Gasteiger partial charge in [0.15, 0.2) is 0 Å². The predicted octanol–water partition coefficient (Wildman–Crippen LogP) is 5.04. The summed E-state index contributed by atoms with van der Waals surface area (Å²) >= 11 is 5.92. The Kier molecular flexibility index (Phi) is 3.13. The smallest absolute Gasteiger partial charge is 0.338 e. The summed E-state index contributed by atoms with van der Waals surface area (Å²) in [5, 5.41) is 0.130. The topological polar surface area (TPSA) is 28.7 Å². The molecule has 0 bridgehead atoms. The highest BCUT2D eigenvalue weighted by Gasteiger charge is 2.30. The van der Waals surface area contributed by atoms with E-state index in [1.807, 2.05) is 0 Å². The van der Waals surface area contributed by atoms with Crippen molar-refractivity contribution in [3.8, 4) is 11.4 Å². The van der Waals surface area contributed by atoms with Gasteiger partial charge in [-0.2, -0.15) is 13.2 Å². The Morgan fingerprint density at radius 1 is 1.10 bits per heavy atom. The van der Waals surface area contributed by atoms with Crippen molar-refractivity contribution in [3.05, 3.63) is 52.8 Å². The van der Waals surface area contributed by atoms with E-state index >= 15 is 0 Å². The number of nitrogens with one attached hydrogen (secondary N) is 1. The van der Waals surface area contributed by atoms with Crippen LogP contribution in [-0.4, -0.2) is 9.97 Å². The largest absolute Gasteiger partial charge is 0.416 e. The summed E-state index contributed by atoms with van der Waals surface area (Å²) in [6.45, 7) is 0. The lowest BCUT2D eigenvalue weighted by Crippen LogP contribution is -2.04. The molecular formula is C14H7ClF4N2. The van der Waals surface area contributed by atoms with Crippen molar-refractivity contribution in [2.24, 2.45) is 0 Å². The molecule has 1 heterocycles. The Balaban J connectivity index is 2.18. The molecule has 108 valence electrons. The lowest BCUT2D eigenvalue weighted by molar-refractivity contribution is -0.137. The van der Waals surface area contributed by atoms with Crippen molar-refractivity contribution in [2.45, 2.75) is 6.18 Å². The minimum atomic E-state index is -4.45. The lowest BCUT2D eigenvalue weighted by Gasteiger charge is -2.05. The van der Waals surface area contributed by atoms with Crippen molar-refractivity contribution in [1.82, 2.24) is 9.97 Å². The summed E-state index contributed by atoms with van der Waals surface area (Å²) in [6, 6.07) is 7.21. The van der Waals surface area contributed by atoms with Crippen molar-refractivity contribution >= 4 is 22.6 Å². The third kappa shape index (κ3) is 2.47.